The Bertz CT molecular complexity index is 359. The van der Waals surface area contributed by atoms with Crippen LogP contribution < -0.4 is 0 Å². The highest BCUT2D eigenvalue weighted by Gasteiger charge is 2.42. The highest BCUT2D eigenvalue weighted by molar-refractivity contribution is 4.88. The van der Waals surface area contributed by atoms with Gasteiger partial charge in [0, 0.05) is 36.8 Å². The summed E-state index contributed by atoms with van der Waals surface area (Å²) in [6.07, 6.45) is 15.2. The molecule has 1 N–H and O–H groups in total. The van der Waals surface area contributed by atoms with E-state index in [1.807, 2.05) is 0 Å². The van der Waals surface area contributed by atoms with Gasteiger partial charge in [0.15, 0.2) is 12.2 Å². The van der Waals surface area contributed by atoms with Crippen molar-refractivity contribution in [3.8, 4) is 0 Å². The van der Waals surface area contributed by atoms with Gasteiger partial charge in [0.1, 0.15) is 0 Å². The van der Waals surface area contributed by atoms with Gasteiger partial charge in [0.05, 0.1) is 0 Å². The van der Waals surface area contributed by atoms with E-state index in [-0.39, 0.29) is 0 Å². The van der Waals surface area contributed by atoms with E-state index in [0.29, 0.717) is 12.2 Å². The van der Waals surface area contributed by atoms with Gasteiger partial charge in [-0.15, -0.1) is 0 Å². The summed E-state index contributed by atoms with van der Waals surface area (Å²) < 4.78 is 5.49. The van der Waals surface area contributed by atoms with E-state index in [9.17, 15) is 0 Å². The van der Waals surface area contributed by atoms with Crippen LogP contribution in [0.4, 0.5) is 0 Å². The maximum absolute atomic E-state index is 5.49. The van der Waals surface area contributed by atoms with Gasteiger partial charge in [-0.1, -0.05) is 6.92 Å². The molecule has 0 aromatic rings. The monoisotopic (exact) mass is 351 g/mol. The number of rotatable bonds is 4. The lowest BCUT2D eigenvalue weighted by atomic mass is 9.74. The smallest absolute Gasteiger partial charge is 0.158 e. The topological polar surface area (TPSA) is 19.3 Å². The summed E-state index contributed by atoms with van der Waals surface area (Å²) in [5.41, 5.74) is 0. The summed E-state index contributed by atoms with van der Waals surface area (Å²) in [4.78, 5) is 4.87. The lowest BCUT2D eigenvalue weighted by molar-refractivity contribution is -0.241. The molecule has 0 amide bonds. The highest BCUT2D eigenvalue weighted by atomic mass is 16.5. The van der Waals surface area contributed by atoms with Crippen molar-refractivity contribution >= 4 is 0 Å². The van der Waals surface area contributed by atoms with Gasteiger partial charge >= 0.3 is 0 Å². The maximum atomic E-state index is 5.49. The van der Waals surface area contributed by atoms with E-state index >= 15 is 0 Å². The third-order valence-corrected chi connectivity index (χ3v) is 7.70. The Balaban J connectivity index is 1.52. The van der Waals surface area contributed by atoms with Crippen molar-refractivity contribution in [3.05, 3.63) is 0 Å². The molecule has 3 aliphatic rings. The molecule has 146 valence electrons. The summed E-state index contributed by atoms with van der Waals surface area (Å²) in [6, 6.07) is 1.63. The van der Waals surface area contributed by atoms with Crippen LogP contribution in [0.1, 0.15) is 71.1 Å². The number of hydrogen-bond donors (Lipinski definition) is 0. The first-order valence-electron chi connectivity index (χ1n) is 11.0. The van der Waals surface area contributed by atoms with Crippen LogP contribution in [0.5, 0.6) is 0 Å². The zero-order valence-corrected chi connectivity index (χ0v) is 17.5. The van der Waals surface area contributed by atoms with Crippen LogP contribution in [0.15, 0.2) is 0 Å². The van der Waals surface area contributed by atoms with Gasteiger partial charge in [0.25, 0.3) is 0 Å². The fourth-order valence-electron chi connectivity index (χ4n) is 5.92. The number of ether oxygens (including phenoxy) is 1. The van der Waals surface area contributed by atoms with E-state index in [2.05, 4.69) is 44.9 Å². The number of aliphatic hydroxyl groups is 2. The van der Waals surface area contributed by atoms with Crippen LogP contribution in [-0.2, 0) is 0 Å². The normalized spacial score (nSPS) is 43.6. The molecule has 0 bridgehead atoms. The molecular weight excluding hydrogens is 308 g/mol. The first-order chi connectivity index (χ1) is 11.9. The van der Waals surface area contributed by atoms with Crippen molar-refractivity contribution < 1.29 is 4.74 Å². The maximum Gasteiger partial charge on any atom is 0.158 e. The van der Waals surface area contributed by atoms with E-state index < -0.39 is 0 Å². The van der Waals surface area contributed by atoms with Crippen molar-refractivity contribution in [3.63, 3.8) is 0 Å². The minimum atomic E-state index is 0.670. The Morgan fingerprint density at radius 2 is 0.960 bits per heavy atom. The van der Waals surface area contributed by atoms with Gasteiger partial charge in [-0.2, -0.15) is 0 Å². The predicted octanol–water partition coefficient (Wildman–Crippen LogP) is 3.92. The number of hydrogen-bond acceptors (Lipinski definition) is 2. The molecule has 0 radical (unpaired) electrons. The standard InChI is InChI=1S/C22H42N2O/c1-16-14-21(17-6-10-19(11-7-17)23(2)3)25-22(15-16)18-8-12-20(13-9-18)24(4)5/h16-22H,6-15H2,1-5H3/p+1. The van der Waals surface area contributed by atoms with Crippen LogP contribution in [0.25, 0.3) is 0 Å². The Morgan fingerprint density at radius 1 is 0.600 bits per heavy atom. The lowest BCUT2D eigenvalue weighted by Crippen LogP contribution is -2.46. The first kappa shape index (κ1) is 19.6. The third kappa shape index (κ3) is 4.99. The van der Waals surface area contributed by atoms with Crippen LogP contribution in [-0.4, -0.2) is 67.0 Å². The molecule has 1 heterocycles. The second-order valence-electron chi connectivity index (χ2n) is 9.92. The van der Waals surface area contributed by atoms with E-state index in [1.54, 1.807) is 0 Å². The molecule has 25 heavy (non-hydrogen) atoms. The van der Waals surface area contributed by atoms with Gasteiger partial charge in [-0.05, 0) is 85.5 Å². The van der Waals surface area contributed by atoms with E-state index in [1.165, 1.54) is 64.2 Å². The summed E-state index contributed by atoms with van der Waals surface area (Å²) in [5.74, 6) is 2.63. The summed E-state index contributed by atoms with van der Waals surface area (Å²) in [7, 11) is 8.99. The molecule has 1 saturated heterocycles. The largest absolute Gasteiger partial charge is 0.429 e. The fourth-order valence-corrected chi connectivity index (χ4v) is 5.92. The van der Waals surface area contributed by atoms with Crippen molar-refractivity contribution in [2.45, 2.75) is 95.4 Å². The molecule has 0 spiro atoms. The van der Waals surface area contributed by atoms with Crippen molar-refractivity contribution in [1.29, 1.82) is 0 Å². The minimum Gasteiger partial charge on any atom is -0.429 e. The second-order valence-corrected chi connectivity index (χ2v) is 9.92. The Labute approximate surface area is 156 Å². The van der Waals surface area contributed by atoms with E-state index in [4.69, 9.17) is 4.74 Å². The summed E-state index contributed by atoms with van der Waals surface area (Å²) in [6.45, 7) is 2.49. The van der Waals surface area contributed by atoms with Crippen LogP contribution in [0, 0.1) is 17.8 Å². The summed E-state index contributed by atoms with van der Waals surface area (Å²) in [5, 5.41) is 0. The van der Waals surface area contributed by atoms with Crippen LogP contribution in [0.2, 0.25) is 0 Å². The SMILES string of the molecule is CC1CC(C2CCC(N(C)C)CC2)[OH+]C(C2CCC(N(C)C)CC2)C1. The molecule has 2 aliphatic carbocycles. The molecule has 3 fully saturated rings. The molecule has 3 heteroatoms. The quantitative estimate of drug-likeness (QED) is 0.715. The van der Waals surface area contributed by atoms with Gasteiger partial charge in [-0.3, -0.25) is 0 Å². The molecular formula is C22H43N2O+. The van der Waals surface area contributed by atoms with Crippen molar-refractivity contribution in [2.75, 3.05) is 28.2 Å². The minimum absolute atomic E-state index is 0.670. The fraction of sp³-hybridized carbons (Fsp3) is 1.00. The summed E-state index contributed by atoms with van der Waals surface area (Å²) >= 11 is 0. The average molecular weight is 352 g/mol. The zero-order valence-electron chi connectivity index (χ0n) is 17.5. The third-order valence-electron chi connectivity index (χ3n) is 7.70. The molecule has 2 saturated carbocycles. The van der Waals surface area contributed by atoms with Crippen molar-refractivity contribution in [2.24, 2.45) is 17.8 Å². The molecule has 2 unspecified atom stereocenters. The predicted molar refractivity (Wildman–Crippen MR) is 107 cm³/mol. The van der Waals surface area contributed by atoms with Crippen molar-refractivity contribution in [1.82, 2.24) is 9.80 Å². The molecule has 3 rings (SSSR count). The molecule has 3 nitrogen and oxygen atoms in total. The lowest BCUT2D eigenvalue weighted by Gasteiger charge is -2.42. The van der Waals surface area contributed by atoms with E-state index in [0.717, 1.165) is 29.8 Å². The van der Waals surface area contributed by atoms with Crippen LogP contribution in [0.3, 0.4) is 0 Å². The molecule has 1 aliphatic heterocycles. The second kappa shape index (κ2) is 8.71. The zero-order chi connectivity index (χ0) is 18.0. The van der Waals surface area contributed by atoms with Gasteiger partial charge in [0.2, 0.25) is 0 Å². The van der Waals surface area contributed by atoms with Gasteiger partial charge in [-0.25, -0.2) is 0 Å². The Kier molecular flexibility index (Phi) is 6.84. The Hall–Kier alpha value is -0.120. The van der Waals surface area contributed by atoms with Gasteiger partial charge < -0.3 is 14.5 Å². The highest BCUT2D eigenvalue weighted by Crippen LogP contribution is 2.40. The first-order valence-corrected chi connectivity index (χ1v) is 11.0. The molecule has 2 atom stereocenters. The molecule has 0 aromatic heterocycles. The molecule has 0 aromatic carbocycles. The van der Waals surface area contributed by atoms with Crippen LogP contribution >= 0.6 is 0 Å². The number of nitrogens with zero attached hydrogens (tertiary/aromatic N) is 2. The average Bonchev–Trinajstić information content (AvgIpc) is 2.61. The Morgan fingerprint density at radius 3 is 1.28 bits per heavy atom.